The molecular weight excluding hydrogens is 412 g/mol. The van der Waals surface area contributed by atoms with Crippen LogP contribution in [-0.2, 0) is 7.05 Å². The quantitative estimate of drug-likeness (QED) is 0.576. The largest absolute Gasteiger partial charge is 0.493 e. The van der Waals surface area contributed by atoms with Gasteiger partial charge in [-0.05, 0) is 26.0 Å². The van der Waals surface area contributed by atoms with Gasteiger partial charge in [-0.3, -0.25) is 19.2 Å². The molecule has 0 N–H and O–H groups in total. The number of nitrogens with zero attached hydrogens (tertiary/aromatic N) is 4. The first-order valence-electron chi connectivity index (χ1n) is 10.7. The number of benzene rings is 1. The molecule has 0 aliphatic carbocycles. The zero-order valence-corrected chi connectivity index (χ0v) is 19.7. The molecule has 2 heterocycles. The molecule has 9 nitrogen and oxygen atoms in total. The summed E-state index contributed by atoms with van der Waals surface area (Å²) in [6.07, 6.45) is 0.439. The SMILES string of the molecule is COc1cc(C(=O)N2CCN(CCC(=O)c3c(C)nn(C)c3C)CC2)cc(OC)c1OC. The number of hydrogen-bond donors (Lipinski definition) is 0. The number of rotatable bonds is 8. The van der Waals surface area contributed by atoms with Gasteiger partial charge in [0, 0.05) is 57.4 Å². The van der Waals surface area contributed by atoms with Gasteiger partial charge in [0.05, 0.1) is 32.6 Å². The van der Waals surface area contributed by atoms with Crippen molar-refractivity contribution in [2.24, 2.45) is 7.05 Å². The molecule has 32 heavy (non-hydrogen) atoms. The van der Waals surface area contributed by atoms with Crippen LogP contribution in [0.5, 0.6) is 17.2 Å². The standard InChI is InChI=1S/C23H32N4O5/c1-15-21(16(2)25(3)24-15)18(28)7-8-26-9-11-27(12-10-26)23(29)17-13-19(30-4)22(32-6)20(14-17)31-5/h13-14H,7-12H2,1-6H3. The van der Waals surface area contributed by atoms with E-state index in [0.717, 1.165) is 17.0 Å². The van der Waals surface area contributed by atoms with E-state index in [1.807, 2.05) is 25.8 Å². The number of amides is 1. The van der Waals surface area contributed by atoms with Crippen LogP contribution in [0.2, 0.25) is 0 Å². The van der Waals surface area contributed by atoms with Crippen molar-refractivity contribution in [2.45, 2.75) is 20.3 Å². The van der Waals surface area contributed by atoms with Crippen LogP contribution in [0.4, 0.5) is 0 Å². The van der Waals surface area contributed by atoms with Crippen LogP contribution >= 0.6 is 0 Å². The lowest BCUT2D eigenvalue weighted by Gasteiger charge is -2.34. The first-order valence-corrected chi connectivity index (χ1v) is 10.7. The summed E-state index contributed by atoms with van der Waals surface area (Å²) in [6, 6.07) is 3.35. The molecule has 0 unspecified atom stereocenters. The predicted octanol–water partition coefficient (Wildman–Crippen LogP) is 2.09. The minimum absolute atomic E-state index is 0.0819. The third-order valence-corrected chi connectivity index (χ3v) is 6.01. The highest BCUT2D eigenvalue weighted by molar-refractivity contribution is 5.98. The molecule has 1 amide bonds. The molecule has 1 aromatic carbocycles. The molecule has 0 saturated carbocycles. The Kier molecular flexibility index (Phi) is 7.40. The van der Waals surface area contributed by atoms with Crippen molar-refractivity contribution in [1.29, 1.82) is 0 Å². The molecule has 0 spiro atoms. The Morgan fingerprint density at radius 2 is 1.56 bits per heavy atom. The monoisotopic (exact) mass is 444 g/mol. The molecule has 2 aromatic rings. The number of methoxy groups -OCH3 is 3. The lowest BCUT2D eigenvalue weighted by atomic mass is 10.1. The second kappa shape index (κ2) is 10.0. The normalized spacial score (nSPS) is 14.4. The molecule has 1 aromatic heterocycles. The van der Waals surface area contributed by atoms with Crippen LogP contribution in [0.25, 0.3) is 0 Å². The van der Waals surface area contributed by atoms with Gasteiger partial charge in [0.1, 0.15) is 0 Å². The molecule has 0 atom stereocenters. The Morgan fingerprint density at radius 3 is 2.03 bits per heavy atom. The van der Waals surface area contributed by atoms with Crippen molar-refractivity contribution in [1.82, 2.24) is 19.6 Å². The first kappa shape index (κ1) is 23.6. The third kappa shape index (κ3) is 4.72. The van der Waals surface area contributed by atoms with Crippen LogP contribution in [0, 0.1) is 13.8 Å². The van der Waals surface area contributed by atoms with Gasteiger partial charge in [-0.2, -0.15) is 5.10 Å². The number of carbonyl (C=O) groups excluding carboxylic acids is 2. The fourth-order valence-corrected chi connectivity index (χ4v) is 4.12. The molecule has 9 heteroatoms. The lowest BCUT2D eigenvalue weighted by molar-refractivity contribution is 0.0627. The highest BCUT2D eigenvalue weighted by Crippen LogP contribution is 2.38. The maximum Gasteiger partial charge on any atom is 0.254 e. The summed E-state index contributed by atoms with van der Waals surface area (Å²) >= 11 is 0. The summed E-state index contributed by atoms with van der Waals surface area (Å²) in [5.41, 5.74) is 2.89. The molecule has 0 radical (unpaired) electrons. The Hall–Kier alpha value is -3.07. The van der Waals surface area contributed by atoms with Crippen molar-refractivity contribution in [3.8, 4) is 17.2 Å². The smallest absolute Gasteiger partial charge is 0.254 e. The van der Waals surface area contributed by atoms with E-state index in [1.165, 1.54) is 21.3 Å². The van der Waals surface area contributed by atoms with Gasteiger partial charge >= 0.3 is 0 Å². The Morgan fingerprint density at radius 1 is 0.969 bits per heavy atom. The fourth-order valence-electron chi connectivity index (χ4n) is 4.12. The van der Waals surface area contributed by atoms with E-state index in [-0.39, 0.29) is 11.7 Å². The third-order valence-electron chi connectivity index (χ3n) is 6.01. The molecule has 1 aliphatic heterocycles. The summed E-state index contributed by atoms with van der Waals surface area (Å²) in [5, 5.41) is 4.33. The van der Waals surface area contributed by atoms with Crippen molar-refractivity contribution in [2.75, 3.05) is 54.1 Å². The Balaban J connectivity index is 1.59. The first-order chi connectivity index (χ1) is 15.3. The molecule has 1 fully saturated rings. The van der Waals surface area contributed by atoms with E-state index in [9.17, 15) is 9.59 Å². The van der Waals surface area contributed by atoms with E-state index in [0.29, 0.717) is 62.0 Å². The molecule has 174 valence electrons. The van der Waals surface area contributed by atoms with Crippen LogP contribution in [-0.4, -0.2) is 85.3 Å². The van der Waals surface area contributed by atoms with Crippen molar-refractivity contribution >= 4 is 11.7 Å². The minimum atomic E-state index is -0.0819. The average molecular weight is 445 g/mol. The maximum absolute atomic E-state index is 13.1. The van der Waals surface area contributed by atoms with Crippen molar-refractivity contribution in [3.05, 3.63) is 34.6 Å². The van der Waals surface area contributed by atoms with Crippen molar-refractivity contribution in [3.63, 3.8) is 0 Å². The van der Waals surface area contributed by atoms with Gasteiger partial charge in [-0.25, -0.2) is 0 Å². The van der Waals surface area contributed by atoms with Gasteiger partial charge in [0.25, 0.3) is 5.91 Å². The Labute approximate surface area is 188 Å². The predicted molar refractivity (Wildman–Crippen MR) is 120 cm³/mol. The van der Waals surface area contributed by atoms with Gasteiger partial charge in [0.2, 0.25) is 5.75 Å². The van der Waals surface area contributed by atoms with Gasteiger partial charge < -0.3 is 19.1 Å². The summed E-state index contributed by atoms with van der Waals surface area (Å²) in [6.45, 7) is 7.07. The van der Waals surface area contributed by atoms with Gasteiger partial charge in [-0.15, -0.1) is 0 Å². The number of hydrogen-bond acceptors (Lipinski definition) is 7. The molecule has 1 saturated heterocycles. The minimum Gasteiger partial charge on any atom is -0.493 e. The van der Waals surface area contributed by atoms with Gasteiger partial charge in [-0.1, -0.05) is 0 Å². The number of aromatic nitrogens is 2. The van der Waals surface area contributed by atoms with E-state index in [1.54, 1.807) is 16.8 Å². The van der Waals surface area contributed by atoms with E-state index in [2.05, 4.69) is 10.00 Å². The van der Waals surface area contributed by atoms with E-state index < -0.39 is 0 Å². The summed E-state index contributed by atoms with van der Waals surface area (Å²) in [4.78, 5) is 29.8. The van der Waals surface area contributed by atoms with Crippen LogP contribution in [0.15, 0.2) is 12.1 Å². The molecule has 0 bridgehead atoms. The maximum atomic E-state index is 13.1. The lowest BCUT2D eigenvalue weighted by Crippen LogP contribution is -2.49. The summed E-state index contributed by atoms with van der Waals surface area (Å²) in [5.74, 6) is 1.40. The number of carbonyl (C=O) groups is 2. The highest BCUT2D eigenvalue weighted by Gasteiger charge is 2.25. The summed E-state index contributed by atoms with van der Waals surface area (Å²) < 4.78 is 17.8. The highest BCUT2D eigenvalue weighted by atomic mass is 16.5. The summed E-state index contributed by atoms with van der Waals surface area (Å²) in [7, 11) is 6.44. The topological polar surface area (TPSA) is 86.1 Å². The average Bonchev–Trinajstić information content (AvgIpc) is 3.07. The van der Waals surface area contributed by atoms with Crippen LogP contribution < -0.4 is 14.2 Å². The van der Waals surface area contributed by atoms with Gasteiger partial charge in [0.15, 0.2) is 17.3 Å². The zero-order chi connectivity index (χ0) is 23.4. The molecule has 3 rings (SSSR count). The number of ketones is 1. The van der Waals surface area contributed by atoms with E-state index in [4.69, 9.17) is 14.2 Å². The molecule has 1 aliphatic rings. The molecular formula is C23H32N4O5. The zero-order valence-electron chi connectivity index (χ0n) is 19.7. The Bertz CT molecular complexity index is 968. The van der Waals surface area contributed by atoms with Crippen molar-refractivity contribution < 1.29 is 23.8 Å². The van der Waals surface area contributed by atoms with Crippen LogP contribution in [0.1, 0.15) is 38.5 Å². The number of ether oxygens (including phenoxy) is 3. The second-order valence-electron chi connectivity index (χ2n) is 7.89. The van der Waals surface area contributed by atoms with E-state index >= 15 is 0 Å². The fraction of sp³-hybridized carbons (Fsp3) is 0.522. The number of piperazine rings is 1. The second-order valence-corrected chi connectivity index (χ2v) is 7.89. The number of aryl methyl sites for hydroxylation is 2. The number of Topliss-reactive ketones (excluding diaryl/α,β-unsaturated/α-hetero) is 1. The van der Waals surface area contributed by atoms with Crippen LogP contribution in [0.3, 0.4) is 0 Å².